The third kappa shape index (κ3) is 4.04. The van der Waals surface area contributed by atoms with Gasteiger partial charge in [0.15, 0.2) is 11.5 Å². The van der Waals surface area contributed by atoms with Crippen LogP contribution in [-0.4, -0.2) is 30.5 Å². The third-order valence-electron chi connectivity index (χ3n) is 5.29. The number of hydrogen-bond donors (Lipinski definition) is 1. The highest BCUT2D eigenvalue weighted by Gasteiger charge is 2.32. The second kappa shape index (κ2) is 8.34. The Morgan fingerprint density at radius 1 is 1.03 bits per heavy atom. The first kappa shape index (κ1) is 21.4. The van der Waals surface area contributed by atoms with Crippen molar-refractivity contribution in [1.29, 1.82) is 0 Å². The summed E-state index contributed by atoms with van der Waals surface area (Å²) in [7, 11) is 3.10. The number of rotatable bonds is 4. The SMILES string of the molecule is COc1ccc(-c2nn(-c3cc(C(F)(F)F)ccc3Cl)c3c2CCCCN3)cc1OC. The summed E-state index contributed by atoms with van der Waals surface area (Å²) >= 11 is 6.31. The maximum atomic E-state index is 13.3. The molecule has 5 nitrogen and oxygen atoms in total. The second-order valence-corrected chi connectivity index (χ2v) is 7.61. The molecule has 9 heteroatoms. The largest absolute Gasteiger partial charge is 0.493 e. The monoisotopic (exact) mass is 451 g/mol. The van der Waals surface area contributed by atoms with Crippen LogP contribution in [0.3, 0.4) is 0 Å². The van der Waals surface area contributed by atoms with Crippen LogP contribution in [0.4, 0.5) is 19.0 Å². The maximum absolute atomic E-state index is 13.3. The van der Waals surface area contributed by atoms with Gasteiger partial charge in [0.05, 0.1) is 36.2 Å². The Labute approximate surface area is 182 Å². The molecule has 0 amide bonds. The summed E-state index contributed by atoms with van der Waals surface area (Å²) < 4.78 is 52.2. The number of anilines is 1. The summed E-state index contributed by atoms with van der Waals surface area (Å²) in [5.41, 5.74) is 1.77. The van der Waals surface area contributed by atoms with Crippen LogP contribution in [0.5, 0.6) is 11.5 Å². The fourth-order valence-electron chi connectivity index (χ4n) is 3.74. The predicted molar refractivity (Wildman–Crippen MR) is 114 cm³/mol. The lowest BCUT2D eigenvalue weighted by atomic mass is 10.0. The van der Waals surface area contributed by atoms with E-state index in [1.165, 1.54) is 10.7 Å². The lowest BCUT2D eigenvalue weighted by Crippen LogP contribution is -2.10. The first-order valence-corrected chi connectivity index (χ1v) is 10.2. The minimum atomic E-state index is -4.48. The molecule has 0 atom stereocenters. The molecule has 1 aliphatic rings. The van der Waals surface area contributed by atoms with E-state index >= 15 is 0 Å². The average molecular weight is 452 g/mol. The van der Waals surface area contributed by atoms with Crippen LogP contribution < -0.4 is 14.8 Å². The fourth-order valence-corrected chi connectivity index (χ4v) is 3.94. The summed E-state index contributed by atoms with van der Waals surface area (Å²) in [5.74, 6) is 1.78. The fraction of sp³-hybridized carbons (Fsp3) is 0.318. The molecule has 2 heterocycles. The van der Waals surface area contributed by atoms with Crippen molar-refractivity contribution >= 4 is 17.4 Å². The third-order valence-corrected chi connectivity index (χ3v) is 5.61. The molecule has 0 radical (unpaired) electrons. The van der Waals surface area contributed by atoms with Gasteiger partial charge >= 0.3 is 6.18 Å². The molecule has 3 aromatic rings. The Morgan fingerprint density at radius 2 is 1.81 bits per heavy atom. The van der Waals surface area contributed by atoms with E-state index in [0.29, 0.717) is 29.6 Å². The van der Waals surface area contributed by atoms with Gasteiger partial charge in [-0.3, -0.25) is 0 Å². The molecular weight excluding hydrogens is 431 g/mol. The summed E-state index contributed by atoms with van der Waals surface area (Å²) in [5, 5.41) is 8.20. The van der Waals surface area contributed by atoms with Crippen molar-refractivity contribution < 1.29 is 22.6 Å². The molecule has 1 aliphatic heterocycles. The van der Waals surface area contributed by atoms with Crippen LogP contribution in [0.15, 0.2) is 36.4 Å². The van der Waals surface area contributed by atoms with Gasteiger partial charge in [0.25, 0.3) is 0 Å². The van der Waals surface area contributed by atoms with E-state index in [2.05, 4.69) is 5.32 Å². The second-order valence-electron chi connectivity index (χ2n) is 7.21. The van der Waals surface area contributed by atoms with E-state index < -0.39 is 11.7 Å². The standard InChI is InChI=1S/C22H21ClF3N3O2/c1-30-18-9-6-13(11-19(18)31-2)20-15-5-3-4-10-27-21(15)29(28-20)17-12-14(22(24,25)26)7-8-16(17)23/h6-9,11-12,27H,3-5,10H2,1-2H3. The maximum Gasteiger partial charge on any atom is 0.416 e. The molecule has 0 bridgehead atoms. The number of benzene rings is 2. The highest BCUT2D eigenvalue weighted by molar-refractivity contribution is 6.32. The smallest absolute Gasteiger partial charge is 0.416 e. The van der Waals surface area contributed by atoms with Crippen LogP contribution >= 0.6 is 11.6 Å². The molecule has 0 saturated carbocycles. The zero-order valence-corrected chi connectivity index (χ0v) is 17.8. The van der Waals surface area contributed by atoms with Gasteiger partial charge in [-0.2, -0.15) is 18.3 Å². The van der Waals surface area contributed by atoms with Gasteiger partial charge in [0, 0.05) is 17.7 Å². The molecule has 2 aromatic carbocycles. The van der Waals surface area contributed by atoms with Crippen LogP contribution in [0.1, 0.15) is 24.0 Å². The molecule has 0 spiro atoms. The van der Waals surface area contributed by atoms with Gasteiger partial charge in [-0.25, -0.2) is 4.68 Å². The van der Waals surface area contributed by atoms with Crippen molar-refractivity contribution in [2.75, 3.05) is 26.1 Å². The summed E-state index contributed by atoms with van der Waals surface area (Å²) in [4.78, 5) is 0. The van der Waals surface area contributed by atoms with Gasteiger partial charge in [0.2, 0.25) is 0 Å². The Morgan fingerprint density at radius 3 is 2.52 bits per heavy atom. The van der Waals surface area contributed by atoms with Crippen molar-refractivity contribution in [2.24, 2.45) is 0 Å². The number of ether oxygens (including phenoxy) is 2. The number of halogens is 4. The van der Waals surface area contributed by atoms with E-state index in [4.69, 9.17) is 26.2 Å². The summed E-state index contributed by atoms with van der Waals surface area (Å²) in [6.45, 7) is 0.695. The normalized spacial score (nSPS) is 13.9. The lowest BCUT2D eigenvalue weighted by molar-refractivity contribution is -0.137. The Hall–Kier alpha value is -2.87. The van der Waals surface area contributed by atoms with E-state index in [1.807, 2.05) is 12.1 Å². The molecule has 31 heavy (non-hydrogen) atoms. The number of nitrogens with zero attached hydrogens (tertiary/aromatic N) is 2. The average Bonchev–Trinajstić information content (AvgIpc) is 2.93. The van der Waals surface area contributed by atoms with Crippen molar-refractivity contribution in [1.82, 2.24) is 9.78 Å². The van der Waals surface area contributed by atoms with Crippen molar-refractivity contribution in [3.05, 3.63) is 52.5 Å². The van der Waals surface area contributed by atoms with Crippen LogP contribution in [0.2, 0.25) is 5.02 Å². The molecule has 0 unspecified atom stereocenters. The lowest BCUT2D eigenvalue weighted by Gasteiger charge is -2.13. The van der Waals surface area contributed by atoms with Crippen molar-refractivity contribution in [2.45, 2.75) is 25.4 Å². The van der Waals surface area contributed by atoms with Crippen LogP contribution in [-0.2, 0) is 12.6 Å². The molecular formula is C22H21ClF3N3O2. The van der Waals surface area contributed by atoms with E-state index in [-0.39, 0.29) is 10.7 Å². The number of alkyl halides is 3. The molecule has 0 fully saturated rings. The topological polar surface area (TPSA) is 48.3 Å². The molecule has 0 aliphatic carbocycles. The minimum Gasteiger partial charge on any atom is -0.493 e. The molecule has 1 aromatic heterocycles. The van der Waals surface area contributed by atoms with Gasteiger partial charge in [-0.05, 0) is 55.7 Å². The van der Waals surface area contributed by atoms with E-state index in [9.17, 15) is 13.2 Å². The van der Waals surface area contributed by atoms with E-state index in [1.54, 1.807) is 20.3 Å². The summed E-state index contributed by atoms with van der Waals surface area (Å²) in [6, 6.07) is 8.69. The number of hydrogen-bond acceptors (Lipinski definition) is 4. The van der Waals surface area contributed by atoms with Gasteiger partial charge in [0.1, 0.15) is 5.82 Å². The number of aromatic nitrogens is 2. The van der Waals surface area contributed by atoms with Gasteiger partial charge < -0.3 is 14.8 Å². The first-order valence-electron chi connectivity index (χ1n) is 9.78. The number of nitrogens with one attached hydrogen (secondary N) is 1. The predicted octanol–water partition coefficient (Wildman–Crippen LogP) is 5.98. The summed E-state index contributed by atoms with van der Waals surface area (Å²) in [6.07, 6.45) is -1.87. The van der Waals surface area contributed by atoms with Crippen molar-refractivity contribution in [3.63, 3.8) is 0 Å². The number of methoxy groups -OCH3 is 2. The van der Waals surface area contributed by atoms with Gasteiger partial charge in [-0.15, -0.1) is 0 Å². The quantitative estimate of drug-likeness (QED) is 0.530. The van der Waals surface area contributed by atoms with Crippen LogP contribution in [0, 0.1) is 0 Å². The first-order chi connectivity index (χ1) is 14.8. The van der Waals surface area contributed by atoms with Crippen molar-refractivity contribution in [3.8, 4) is 28.4 Å². The minimum absolute atomic E-state index is 0.175. The Bertz CT molecular complexity index is 1110. The number of fused-ring (bicyclic) bond motifs is 1. The van der Waals surface area contributed by atoms with E-state index in [0.717, 1.165) is 42.5 Å². The Kier molecular flexibility index (Phi) is 5.75. The zero-order valence-electron chi connectivity index (χ0n) is 17.0. The molecule has 4 rings (SSSR count). The molecule has 1 N–H and O–H groups in total. The zero-order chi connectivity index (χ0) is 22.2. The Balaban J connectivity index is 1.92. The van der Waals surface area contributed by atoms with Gasteiger partial charge in [-0.1, -0.05) is 11.6 Å². The highest BCUT2D eigenvalue weighted by Crippen LogP contribution is 2.40. The molecule has 0 saturated heterocycles. The van der Waals surface area contributed by atoms with Crippen LogP contribution in [0.25, 0.3) is 16.9 Å². The molecule has 164 valence electrons. The highest BCUT2D eigenvalue weighted by atomic mass is 35.5.